The summed E-state index contributed by atoms with van der Waals surface area (Å²) in [6, 6.07) is 2.10. The number of hydrogen-bond acceptors (Lipinski definition) is 3. The normalized spacial score (nSPS) is 23.6. The van der Waals surface area contributed by atoms with Crippen molar-refractivity contribution in [2.45, 2.75) is 31.5 Å². The molecule has 0 aromatic heterocycles. The Morgan fingerprint density at radius 3 is 2.53 bits per heavy atom. The first kappa shape index (κ1) is 14.0. The van der Waals surface area contributed by atoms with Gasteiger partial charge in [0.2, 0.25) is 0 Å². The molecule has 0 spiro atoms. The van der Waals surface area contributed by atoms with Crippen LogP contribution in [-0.4, -0.2) is 18.8 Å². The molecule has 3 nitrogen and oxygen atoms in total. The molecule has 0 aliphatic carbocycles. The van der Waals surface area contributed by atoms with Crippen molar-refractivity contribution in [2.75, 3.05) is 13.7 Å². The van der Waals surface area contributed by atoms with Crippen LogP contribution in [0.1, 0.15) is 30.9 Å². The predicted molar refractivity (Wildman–Crippen MR) is 64.2 cm³/mol. The van der Waals surface area contributed by atoms with Gasteiger partial charge in [0.15, 0.2) is 11.5 Å². The van der Waals surface area contributed by atoms with E-state index in [1.165, 1.54) is 7.11 Å². The van der Waals surface area contributed by atoms with Crippen LogP contribution in [0.15, 0.2) is 12.1 Å². The summed E-state index contributed by atoms with van der Waals surface area (Å²) >= 11 is 0. The zero-order valence-corrected chi connectivity index (χ0v) is 10.8. The average molecular weight is 275 g/mol. The van der Waals surface area contributed by atoms with Crippen molar-refractivity contribution in [1.29, 1.82) is 0 Å². The maximum Gasteiger partial charge on any atom is 0.416 e. The van der Waals surface area contributed by atoms with Crippen LogP contribution in [0.4, 0.5) is 13.2 Å². The molecule has 0 radical (unpaired) electrons. The lowest BCUT2D eigenvalue weighted by molar-refractivity contribution is -0.139. The number of rotatable bonds is 2. The van der Waals surface area contributed by atoms with Gasteiger partial charge in [-0.05, 0) is 38.4 Å². The van der Waals surface area contributed by atoms with E-state index < -0.39 is 23.0 Å². The van der Waals surface area contributed by atoms with Gasteiger partial charge in [-0.3, -0.25) is 0 Å². The number of phenolic OH excluding ortho intramolecular Hbond substituents is 1. The Bertz CT molecular complexity index is 480. The first-order valence-electron chi connectivity index (χ1n) is 6.02. The fourth-order valence-corrected chi connectivity index (χ4v) is 2.64. The van der Waals surface area contributed by atoms with Gasteiger partial charge in [0.05, 0.1) is 12.7 Å². The summed E-state index contributed by atoms with van der Waals surface area (Å²) in [7, 11) is 1.32. The molecule has 19 heavy (non-hydrogen) atoms. The number of hydrogen-bond donors (Lipinski definition) is 2. The van der Waals surface area contributed by atoms with E-state index in [9.17, 15) is 18.3 Å². The molecule has 0 saturated carbocycles. The molecule has 2 N–H and O–H groups in total. The van der Waals surface area contributed by atoms with Crippen LogP contribution in [0.25, 0.3) is 0 Å². The first-order chi connectivity index (χ1) is 8.79. The van der Waals surface area contributed by atoms with Gasteiger partial charge in [-0.1, -0.05) is 0 Å². The van der Waals surface area contributed by atoms with Crippen LogP contribution in [0, 0.1) is 0 Å². The van der Waals surface area contributed by atoms with Crippen LogP contribution in [0.3, 0.4) is 0 Å². The molecule has 1 aliphatic heterocycles. The summed E-state index contributed by atoms with van der Waals surface area (Å²) in [5.41, 5.74) is -1.83. The summed E-state index contributed by atoms with van der Waals surface area (Å²) < 4.78 is 44.2. The Morgan fingerprint density at radius 1 is 1.37 bits per heavy atom. The van der Waals surface area contributed by atoms with Gasteiger partial charge in [-0.25, -0.2) is 0 Å². The smallest absolute Gasteiger partial charge is 0.416 e. The van der Waals surface area contributed by atoms with Gasteiger partial charge in [-0.15, -0.1) is 0 Å². The molecule has 2 rings (SSSR count). The number of halogens is 3. The van der Waals surface area contributed by atoms with Gasteiger partial charge in [0, 0.05) is 11.1 Å². The second kappa shape index (κ2) is 4.59. The molecular weight excluding hydrogens is 259 g/mol. The van der Waals surface area contributed by atoms with Crippen LogP contribution in [-0.2, 0) is 11.7 Å². The molecule has 1 fully saturated rings. The zero-order chi connectivity index (χ0) is 14.3. The standard InChI is InChI=1S/C13H16F3NO2/c1-12(6-3-7-17-12)10-8(13(14,15)16)4-5-9(19-2)11(10)18/h4-5,17-18H,3,6-7H2,1-2H3. The van der Waals surface area contributed by atoms with Crippen LogP contribution < -0.4 is 10.1 Å². The molecule has 106 valence electrons. The van der Waals surface area contributed by atoms with E-state index in [-0.39, 0.29) is 11.3 Å². The van der Waals surface area contributed by atoms with E-state index in [1.807, 2.05) is 0 Å². The monoisotopic (exact) mass is 275 g/mol. The number of benzene rings is 1. The molecule has 6 heteroatoms. The molecule has 1 aromatic carbocycles. The zero-order valence-electron chi connectivity index (χ0n) is 10.8. The third kappa shape index (κ3) is 2.36. The van der Waals surface area contributed by atoms with E-state index >= 15 is 0 Å². The van der Waals surface area contributed by atoms with Gasteiger partial charge in [0.25, 0.3) is 0 Å². The Hall–Kier alpha value is -1.43. The molecule has 1 aromatic rings. The van der Waals surface area contributed by atoms with Gasteiger partial charge in [0.1, 0.15) is 0 Å². The van der Waals surface area contributed by atoms with Crippen LogP contribution >= 0.6 is 0 Å². The highest BCUT2D eigenvalue weighted by atomic mass is 19.4. The highest BCUT2D eigenvalue weighted by Gasteiger charge is 2.43. The van der Waals surface area contributed by atoms with Crippen molar-refractivity contribution in [1.82, 2.24) is 5.32 Å². The van der Waals surface area contributed by atoms with Gasteiger partial charge >= 0.3 is 6.18 Å². The fraction of sp³-hybridized carbons (Fsp3) is 0.538. The minimum Gasteiger partial charge on any atom is -0.504 e. The van der Waals surface area contributed by atoms with Crippen LogP contribution in [0.5, 0.6) is 11.5 Å². The third-order valence-electron chi connectivity index (χ3n) is 3.59. The molecule has 0 bridgehead atoms. The maximum absolute atomic E-state index is 13.1. The van der Waals surface area contributed by atoms with Gasteiger partial charge < -0.3 is 15.2 Å². The minimum absolute atomic E-state index is 0.0536. The highest BCUT2D eigenvalue weighted by Crippen LogP contribution is 2.47. The van der Waals surface area contributed by atoms with E-state index in [0.29, 0.717) is 13.0 Å². The van der Waals surface area contributed by atoms with E-state index in [2.05, 4.69) is 5.32 Å². The molecule has 1 unspecified atom stereocenters. The number of phenols is 1. The lowest BCUT2D eigenvalue weighted by atomic mass is 9.85. The number of alkyl halides is 3. The van der Waals surface area contributed by atoms with E-state index in [0.717, 1.165) is 18.6 Å². The Morgan fingerprint density at radius 2 is 2.05 bits per heavy atom. The second-order valence-corrected chi connectivity index (χ2v) is 4.90. The lowest BCUT2D eigenvalue weighted by Gasteiger charge is -2.29. The van der Waals surface area contributed by atoms with E-state index in [1.54, 1.807) is 6.92 Å². The minimum atomic E-state index is -4.51. The summed E-state index contributed by atoms with van der Waals surface area (Å²) in [5, 5.41) is 13.1. The van der Waals surface area contributed by atoms with Crippen LogP contribution in [0.2, 0.25) is 0 Å². The van der Waals surface area contributed by atoms with E-state index in [4.69, 9.17) is 4.74 Å². The second-order valence-electron chi connectivity index (χ2n) is 4.90. The molecule has 1 heterocycles. The van der Waals surface area contributed by atoms with Gasteiger partial charge in [-0.2, -0.15) is 13.2 Å². The molecule has 1 aliphatic rings. The fourth-order valence-electron chi connectivity index (χ4n) is 2.64. The Labute approximate surface area is 109 Å². The highest BCUT2D eigenvalue weighted by molar-refractivity contribution is 5.54. The van der Waals surface area contributed by atoms with Crippen molar-refractivity contribution in [3.05, 3.63) is 23.3 Å². The number of nitrogens with one attached hydrogen (secondary N) is 1. The predicted octanol–water partition coefficient (Wildman–Crippen LogP) is 3.02. The Balaban J connectivity index is 2.66. The molecule has 1 atom stereocenters. The van der Waals surface area contributed by atoms with Crippen molar-refractivity contribution in [2.24, 2.45) is 0 Å². The van der Waals surface area contributed by atoms with Crippen molar-refractivity contribution in [3.8, 4) is 11.5 Å². The summed E-state index contributed by atoms with van der Waals surface area (Å²) in [5.74, 6) is -0.382. The summed E-state index contributed by atoms with van der Waals surface area (Å²) in [6.45, 7) is 2.30. The first-order valence-corrected chi connectivity index (χ1v) is 6.02. The summed E-state index contributed by atoms with van der Waals surface area (Å²) in [6.07, 6.45) is -3.20. The summed E-state index contributed by atoms with van der Waals surface area (Å²) in [4.78, 5) is 0. The van der Waals surface area contributed by atoms with Crippen molar-refractivity contribution >= 4 is 0 Å². The number of aromatic hydroxyl groups is 1. The van der Waals surface area contributed by atoms with Crippen molar-refractivity contribution < 1.29 is 23.0 Å². The molecule has 1 saturated heterocycles. The lowest BCUT2D eigenvalue weighted by Crippen LogP contribution is -2.35. The van der Waals surface area contributed by atoms with Crippen molar-refractivity contribution in [3.63, 3.8) is 0 Å². The number of ether oxygens (including phenoxy) is 1. The number of methoxy groups -OCH3 is 1. The SMILES string of the molecule is COc1ccc(C(F)(F)F)c(C2(C)CCCN2)c1O. The molecular formula is C13H16F3NO2. The maximum atomic E-state index is 13.1. The third-order valence-corrected chi connectivity index (χ3v) is 3.59. The largest absolute Gasteiger partial charge is 0.504 e. The quantitative estimate of drug-likeness (QED) is 0.871. The average Bonchev–Trinajstić information content (AvgIpc) is 2.75. The Kier molecular flexibility index (Phi) is 3.38. The topological polar surface area (TPSA) is 41.5 Å². The molecule has 0 amide bonds.